The van der Waals surface area contributed by atoms with Gasteiger partial charge >= 0.3 is 0 Å². The molecule has 1 amide bonds. The second-order valence-corrected chi connectivity index (χ2v) is 5.45. The number of rotatable bonds is 8. The summed E-state index contributed by atoms with van der Waals surface area (Å²) in [5.41, 5.74) is 1.14. The predicted octanol–water partition coefficient (Wildman–Crippen LogP) is 2.12. The monoisotopic (exact) mass is 312 g/mol. The number of nitrogens with one attached hydrogen (secondary N) is 1. The number of hydrogen-bond donors (Lipinski definition) is 1. The van der Waals surface area contributed by atoms with Crippen LogP contribution in [0.2, 0.25) is 0 Å². The summed E-state index contributed by atoms with van der Waals surface area (Å²) in [5, 5.41) is 3.23. The number of nitrogens with zero attached hydrogens (tertiary/aromatic N) is 1. The molecule has 1 aliphatic rings. The largest absolute Gasteiger partial charge is 0.496 e. The van der Waals surface area contributed by atoms with Gasteiger partial charge in [-0.3, -0.25) is 4.79 Å². The zero-order valence-electron chi connectivity index (χ0n) is 12.8. The molecule has 21 heavy (non-hydrogen) atoms. The molecule has 1 saturated carbocycles. The minimum Gasteiger partial charge on any atom is -0.496 e. The van der Waals surface area contributed by atoms with E-state index in [0.717, 1.165) is 30.2 Å². The molecule has 0 aromatic heterocycles. The van der Waals surface area contributed by atoms with Crippen LogP contribution >= 0.6 is 12.4 Å². The molecule has 0 radical (unpaired) electrons. The first-order chi connectivity index (χ1) is 9.70. The van der Waals surface area contributed by atoms with Crippen LogP contribution in [0.25, 0.3) is 0 Å². The van der Waals surface area contributed by atoms with Gasteiger partial charge in [0.1, 0.15) is 5.75 Å². The Balaban J connectivity index is 0.00000220. The van der Waals surface area contributed by atoms with Crippen molar-refractivity contribution >= 4 is 18.3 Å². The molecular formula is C16H25ClN2O2. The summed E-state index contributed by atoms with van der Waals surface area (Å²) < 4.78 is 5.32. The molecule has 1 aromatic carbocycles. The fraction of sp³-hybridized carbons (Fsp3) is 0.562. The highest BCUT2D eigenvalue weighted by Crippen LogP contribution is 2.27. The summed E-state index contributed by atoms with van der Waals surface area (Å²) in [6.45, 7) is 2.13. The molecule has 4 nitrogen and oxygen atoms in total. The Morgan fingerprint density at radius 3 is 2.76 bits per heavy atom. The Hall–Kier alpha value is -1.26. The van der Waals surface area contributed by atoms with Crippen molar-refractivity contribution in [1.29, 1.82) is 0 Å². The molecule has 5 heteroatoms. The lowest BCUT2D eigenvalue weighted by molar-refractivity contribution is -0.128. The zero-order valence-corrected chi connectivity index (χ0v) is 13.6. The number of likely N-dealkylation sites (N-methyl/N-ethyl adjacent to an activating group) is 1. The third-order valence-electron chi connectivity index (χ3n) is 3.74. The van der Waals surface area contributed by atoms with E-state index in [4.69, 9.17) is 4.74 Å². The zero-order chi connectivity index (χ0) is 14.4. The lowest BCUT2D eigenvalue weighted by atomic mass is 10.1. The minimum atomic E-state index is 0. The van der Waals surface area contributed by atoms with Crippen molar-refractivity contribution in [3.63, 3.8) is 0 Å². The Morgan fingerprint density at radius 1 is 1.38 bits per heavy atom. The first-order valence-electron chi connectivity index (χ1n) is 7.27. The maximum atomic E-state index is 12.0. The number of amides is 1. The summed E-state index contributed by atoms with van der Waals surface area (Å²) in [6.07, 6.45) is 3.44. The Bertz CT molecular complexity index is 450. The lowest BCUT2D eigenvalue weighted by Gasteiger charge is -2.18. The van der Waals surface area contributed by atoms with E-state index in [0.29, 0.717) is 13.1 Å². The first kappa shape index (κ1) is 17.8. The number of carbonyl (C=O) groups is 1. The van der Waals surface area contributed by atoms with Crippen LogP contribution < -0.4 is 10.1 Å². The number of hydrogen-bond acceptors (Lipinski definition) is 3. The molecule has 0 aliphatic heterocycles. The normalized spacial score (nSPS) is 13.4. The van der Waals surface area contributed by atoms with Gasteiger partial charge in [0.05, 0.1) is 13.7 Å². The van der Waals surface area contributed by atoms with Gasteiger partial charge < -0.3 is 15.0 Å². The molecule has 2 rings (SSSR count). The molecule has 0 heterocycles. The van der Waals surface area contributed by atoms with Crippen LogP contribution in [0.15, 0.2) is 24.3 Å². The maximum absolute atomic E-state index is 12.0. The standard InChI is InChI=1S/C16H24N2O2.ClH/c1-18(16(19)12-17-11-13-7-8-13)10-9-14-5-3-4-6-15(14)20-2;/h3-6,13,17H,7-12H2,1-2H3;1H. The van der Waals surface area contributed by atoms with Crippen LogP contribution in [-0.2, 0) is 11.2 Å². The van der Waals surface area contributed by atoms with E-state index >= 15 is 0 Å². The summed E-state index contributed by atoms with van der Waals surface area (Å²) in [6, 6.07) is 7.95. The fourth-order valence-electron chi connectivity index (χ4n) is 2.16. The third-order valence-corrected chi connectivity index (χ3v) is 3.74. The molecule has 0 unspecified atom stereocenters. The smallest absolute Gasteiger partial charge is 0.236 e. The second-order valence-electron chi connectivity index (χ2n) is 5.45. The van der Waals surface area contributed by atoms with Gasteiger partial charge in [-0.15, -0.1) is 12.4 Å². The van der Waals surface area contributed by atoms with E-state index in [9.17, 15) is 4.79 Å². The number of methoxy groups -OCH3 is 1. The second kappa shape index (κ2) is 8.90. The molecule has 0 atom stereocenters. The molecule has 1 aromatic rings. The summed E-state index contributed by atoms with van der Waals surface area (Å²) in [4.78, 5) is 13.7. The highest BCUT2D eigenvalue weighted by molar-refractivity contribution is 5.85. The van der Waals surface area contributed by atoms with Crippen LogP contribution in [-0.4, -0.2) is 44.6 Å². The van der Waals surface area contributed by atoms with Gasteiger partial charge in [-0.05, 0) is 43.4 Å². The van der Waals surface area contributed by atoms with Crippen molar-refractivity contribution in [2.45, 2.75) is 19.3 Å². The van der Waals surface area contributed by atoms with Crippen LogP contribution in [0.3, 0.4) is 0 Å². The minimum absolute atomic E-state index is 0. The SMILES string of the molecule is COc1ccccc1CCN(C)C(=O)CNCC1CC1.Cl. The number of carbonyl (C=O) groups excluding carboxylic acids is 1. The molecule has 1 aliphatic carbocycles. The van der Waals surface area contributed by atoms with Gasteiger partial charge in [0.15, 0.2) is 0 Å². The number of halogens is 1. The van der Waals surface area contributed by atoms with E-state index in [1.54, 1.807) is 12.0 Å². The molecule has 0 saturated heterocycles. The first-order valence-corrected chi connectivity index (χ1v) is 7.27. The highest BCUT2D eigenvalue weighted by Gasteiger charge is 2.21. The van der Waals surface area contributed by atoms with Crippen molar-refractivity contribution in [2.75, 3.05) is 33.8 Å². The average molecular weight is 313 g/mol. The van der Waals surface area contributed by atoms with Crippen LogP contribution in [0.5, 0.6) is 5.75 Å². The van der Waals surface area contributed by atoms with Gasteiger partial charge in [-0.25, -0.2) is 0 Å². The van der Waals surface area contributed by atoms with Gasteiger partial charge in [0.2, 0.25) is 5.91 Å². The Kier molecular flexibility index (Phi) is 7.54. The third kappa shape index (κ3) is 5.94. The van der Waals surface area contributed by atoms with Crippen molar-refractivity contribution in [3.8, 4) is 5.75 Å². The van der Waals surface area contributed by atoms with Gasteiger partial charge in [-0.2, -0.15) is 0 Å². The van der Waals surface area contributed by atoms with Crippen molar-refractivity contribution in [3.05, 3.63) is 29.8 Å². The van der Waals surface area contributed by atoms with Crippen LogP contribution in [0.4, 0.5) is 0 Å². The molecule has 1 N–H and O–H groups in total. The molecule has 0 bridgehead atoms. The Labute approximate surface area is 133 Å². The van der Waals surface area contributed by atoms with Crippen LogP contribution in [0, 0.1) is 5.92 Å². The molecule has 1 fully saturated rings. The van der Waals surface area contributed by atoms with E-state index in [1.165, 1.54) is 12.8 Å². The van der Waals surface area contributed by atoms with Crippen LogP contribution in [0.1, 0.15) is 18.4 Å². The van der Waals surface area contributed by atoms with E-state index in [1.807, 2.05) is 31.3 Å². The summed E-state index contributed by atoms with van der Waals surface area (Å²) in [5.74, 6) is 1.85. The number of para-hydroxylation sites is 1. The van der Waals surface area contributed by atoms with E-state index in [2.05, 4.69) is 5.32 Å². The fourth-order valence-corrected chi connectivity index (χ4v) is 2.16. The topological polar surface area (TPSA) is 41.6 Å². The molecular weight excluding hydrogens is 288 g/mol. The summed E-state index contributed by atoms with van der Waals surface area (Å²) in [7, 11) is 3.53. The van der Waals surface area contributed by atoms with E-state index < -0.39 is 0 Å². The van der Waals surface area contributed by atoms with Crippen molar-refractivity contribution in [2.24, 2.45) is 5.92 Å². The molecule has 118 valence electrons. The number of ether oxygens (including phenoxy) is 1. The maximum Gasteiger partial charge on any atom is 0.236 e. The average Bonchev–Trinajstić information content (AvgIpc) is 3.29. The van der Waals surface area contributed by atoms with E-state index in [-0.39, 0.29) is 18.3 Å². The van der Waals surface area contributed by atoms with Gasteiger partial charge in [-0.1, -0.05) is 18.2 Å². The van der Waals surface area contributed by atoms with Crippen molar-refractivity contribution in [1.82, 2.24) is 10.2 Å². The highest BCUT2D eigenvalue weighted by atomic mass is 35.5. The Morgan fingerprint density at radius 2 is 2.10 bits per heavy atom. The molecule has 0 spiro atoms. The lowest BCUT2D eigenvalue weighted by Crippen LogP contribution is -2.37. The predicted molar refractivity (Wildman–Crippen MR) is 87.2 cm³/mol. The van der Waals surface area contributed by atoms with Crippen molar-refractivity contribution < 1.29 is 9.53 Å². The van der Waals surface area contributed by atoms with Gasteiger partial charge in [0.25, 0.3) is 0 Å². The summed E-state index contributed by atoms with van der Waals surface area (Å²) >= 11 is 0. The number of benzene rings is 1. The van der Waals surface area contributed by atoms with Gasteiger partial charge in [0, 0.05) is 13.6 Å². The quantitative estimate of drug-likeness (QED) is 0.799.